The topological polar surface area (TPSA) is 57.6 Å². The third-order valence-corrected chi connectivity index (χ3v) is 7.31. The zero-order valence-corrected chi connectivity index (χ0v) is 13.8. The highest BCUT2D eigenvalue weighted by molar-refractivity contribution is 8.00. The Hall–Kier alpha value is -0.270. The summed E-state index contributed by atoms with van der Waals surface area (Å²) in [5.74, 6) is 0.797. The highest BCUT2D eigenvalue weighted by atomic mass is 35.5. The fourth-order valence-corrected chi connectivity index (χ4v) is 5.44. The summed E-state index contributed by atoms with van der Waals surface area (Å²) in [5.41, 5.74) is 0.430. The van der Waals surface area contributed by atoms with Gasteiger partial charge in [0.2, 0.25) is 10.0 Å². The van der Waals surface area contributed by atoms with Crippen molar-refractivity contribution in [2.75, 3.05) is 12.3 Å². The van der Waals surface area contributed by atoms with Crippen LogP contribution in [-0.4, -0.2) is 41.4 Å². The number of thioether (sulfide) groups is 1. The molecule has 1 aromatic rings. The summed E-state index contributed by atoms with van der Waals surface area (Å²) in [6.45, 7) is 4.20. The minimum Gasteiger partial charge on any atom is -0.392 e. The molecule has 1 aromatic carbocycles. The second kappa shape index (κ2) is 6.23. The lowest BCUT2D eigenvalue weighted by Gasteiger charge is -2.36. The van der Waals surface area contributed by atoms with E-state index >= 15 is 0 Å². The molecule has 0 spiro atoms. The normalized spacial score (nSPS) is 24.8. The van der Waals surface area contributed by atoms with Crippen molar-refractivity contribution < 1.29 is 13.5 Å². The maximum absolute atomic E-state index is 12.7. The Balaban J connectivity index is 2.39. The highest BCUT2D eigenvalue weighted by Crippen LogP contribution is 2.30. The molecule has 0 bridgehead atoms. The van der Waals surface area contributed by atoms with Crippen LogP contribution in [0.4, 0.5) is 0 Å². The third kappa shape index (κ3) is 2.99. The summed E-state index contributed by atoms with van der Waals surface area (Å²) in [6, 6.07) is 4.42. The highest BCUT2D eigenvalue weighted by Gasteiger charge is 2.35. The van der Waals surface area contributed by atoms with Crippen molar-refractivity contribution in [2.45, 2.75) is 36.6 Å². The van der Waals surface area contributed by atoms with Crippen LogP contribution in [0.15, 0.2) is 23.1 Å². The van der Waals surface area contributed by atoms with Crippen molar-refractivity contribution in [1.29, 1.82) is 0 Å². The van der Waals surface area contributed by atoms with Gasteiger partial charge in [0.25, 0.3) is 0 Å². The van der Waals surface area contributed by atoms with Gasteiger partial charge in [-0.25, -0.2) is 8.42 Å². The molecule has 112 valence electrons. The molecular weight excluding hydrogens is 318 g/mol. The zero-order chi connectivity index (χ0) is 14.9. The Labute approximate surface area is 129 Å². The molecule has 1 aliphatic rings. The summed E-state index contributed by atoms with van der Waals surface area (Å²) < 4.78 is 27.0. The lowest BCUT2D eigenvalue weighted by molar-refractivity contribution is 0.281. The zero-order valence-electron chi connectivity index (χ0n) is 11.4. The van der Waals surface area contributed by atoms with Gasteiger partial charge in [0.05, 0.1) is 11.5 Å². The van der Waals surface area contributed by atoms with E-state index in [0.717, 1.165) is 5.75 Å². The molecule has 1 saturated heterocycles. The van der Waals surface area contributed by atoms with Crippen LogP contribution in [0.1, 0.15) is 19.4 Å². The lowest BCUT2D eigenvalue weighted by Crippen LogP contribution is -2.47. The van der Waals surface area contributed by atoms with Gasteiger partial charge in [-0.15, -0.1) is 0 Å². The van der Waals surface area contributed by atoms with Gasteiger partial charge in [0.1, 0.15) is 0 Å². The van der Waals surface area contributed by atoms with E-state index in [1.165, 1.54) is 18.2 Å². The molecule has 0 saturated carbocycles. The Kier molecular flexibility index (Phi) is 5.02. The molecule has 0 amide bonds. The van der Waals surface area contributed by atoms with Crippen LogP contribution in [0.5, 0.6) is 0 Å². The predicted molar refractivity (Wildman–Crippen MR) is 82.6 cm³/mol. The Morgan fingerprint density at radius 2 is 2.15 bits per heavy atom. The van der Waals surface area contributed by atoms with Crippen LogP contribution < -0.4 is 0 Å². The minimum absolute atomic E-state index is 0.0491. The fourth-order valence-electron chi connectivity index (χ4n) is 2.21. The van der Waals surface area contributed by atoms with E-state index in [-0.39, 0.29) is 22.8 Å². The number of nitrogens with zero attached hydrogens (tertiary/aromatic N) is 1. The number of benzene rings is 1. The molecule has 0 radical (unpaired) electrons. The first kappa shape index (κ1) is 16.1. The van der Waals surface area contributed by atoms with Crippen LogP contribution in [0.25, 0.3) is 0 Å². The number of halogens is 1. The Bertz CT molecular complexity index is 591. The van der Waals surface area contributed by atoms with E-state index in [4.69, 9.17) is 11.6 Å². The van der Waals surface area contributed by atoms with E-state index in [2.05, 4.69) is 0 Å². The number of hydrogen-bond acceptors (Lipinski definition) is 4. The van der Waals surface area contributed by atoms with Crippen molar-refractivity contribution >= 4 is 33.4 Å². The summed E-state index contributed by atoms with van der Waals surface area (Å²) in [6.07, 6.45) is 0. The number of hydrogen-bond donors (Lipinski definition) is 1. The Morgan fingerprint density at radius 1 is 1.45 bits per heavy atom. The fraction of sp³-hybridized carbons (Fsp3) is 0.538. The summed E-state index contributed by atoms with van der Waals surface area (Å²) in [4.78, 5) is 0.192. The smallest absolute Gasteiger partial charge is 0.243 e. The average Bonchev–Trinajstić information content (AvgIpc) is 2.42. The third-order valence-electron chi connectivity index (χ3n) is 3.62. The van der Waals surface area contributed by atoms with Crippen molar-refractivity contribution in [3.05, 3.63) is 28.8 Å². The van der Waals surface area contributed by atoms with Crippen molar-refractivity contribution in [3.8, 4) is 0 Å². The maximum atomic E-state index is 12.7. The Morgan fingerprint density at radius 3 is 2.80 bits per heavy atom. The number of aliphatic hydroxyl groups is 1. The van der Waals surface area contributed by atoms with E-state index in [0.29, 0.717) is 17.1 Å². The molecule has 4 nitrogen and oxygen atoms in total. The van der Waals surface area contributed by atoms with Crippen LogP contribution in [-0.2, 0) is 16.6 Å². The van der Waals surface area contributed by atoms with Crippen molar-refractivity contribution in [3.63, 3.8) is 0 Å². The molecule has 1 fully saturated rings. The van der Waals surface area contributed by atoms with E-state index in [9.17, 15) is 13.5 Å². The molecular formula is C13H18ClNO3S2. The first-order valence-electron chi connectivity index (χ1n) is 6.40. The minimum atomic E-state index is -3.54. The average molecular weight is 336 g/mol. The molecule has 2 unspecified atom stereocenters. The molecule has 2 rings (SSSR count). The number of rotatable bonds is 3. The predicted octanol–water partition coefficient (Wildman–Crippen LogP) is 2.35. The number of aliphatic hydroxyl groups excluding tert-OH is 1. The molecule has 7 heteroatoms. The first-order chi connectivity index (χ1) is 9.37. The van der Waals surface area contributed by atoms with Crippen LogP contribution in [0.3, 0.4) is 0 Å². The molecule has 20 heavy (non-hydrogen) atoms. The van der Waals surface area contributed by atoms with Gasteiger partial charge < -0.3 is 5.11 Å². The number of sulfonamides is 1. The molecule has 0 aromatic heterocycles. The largest absolute Gasteiger partial charge is 0.392 e. The van der Waals surface area contributed by atoms with Crippen LogP contribution in [0, 0.1) is 0 Å². The first-order valence-corrected chi connectivity index (χ1v) is 9.27. The van der Waals surface area contributed by atoms with Gasteiger partial charge >= 0.3 is 0 Å². The van der Waals surface area contributed by atoms with E-state index in [1.807, 2.05) is 13.8 Å². The molecule has 1 heterocycles. The standard InChI is InChI=1S/C13H18ClNO3S2/c1-9-10(2)19-6-5-15(9)20(17,18)12-3-4-13(14)11(7-12)8-16/h3-4,7,9-10,16H,5-6,8H2,1-2H3. The molecule has 1 N–H and O–H groups in total. The summed E-state index contributed by atoms with van der Waals surface area (Å²) in [7, 11) is -3.54. The van der Waals surface area contributed by atoms with Gasteiger partial charge in [0.15, 0.2) is 0 Å². The molecule has 2 atom stereocenters. The molecule has 1 aliphatic heterocycles. The van der Waals surface area contributed by atoms with E-state index in [1.54, 1.807) is 16.1 Å². The van der Waals surface area contributed by atoms with Crippen LogP contribution >= 0.6 is 23.4 Å². The van der Waals surface area contributed by atoms with Gasteiger partial charge in [-0.2, -0.15) is 16.1 Å². The van der Waals surface area contributed by atoms with Crippen molar-refractivity contribution in [1.82, 2.24) is 4.31 Å². The SMILES string of the molecule is CC1SCCN(S(=O)(=O)c2ccc(Cl)c(CO)c2)C1C. The molecule has 0 aliphatic carbocycles. The van der Waals surface area contributed by atoms with Gasteiger partial charge in [-0.05, 0) is 30.7 Å². The van der Waals surface area contributed by atoms with Gasteiger partial charge in [-0.3, -0.25) is 0 Å². The summed E-state index contributed by atoms with van der Waals surface area (Å²) in [5, 5.41) is 9.86. The van der Waals surface area contributed by atoms with Gasteiger partial charge in [0, 0.05) is 28.6 Å². The maximum Gasteiger partial charge on any atom is 0.243 e. The van der Waals surface area contributed by atoms with Crippen molar-refractivity contribution in [2.24, 2.45) is 0 Å². The quantitative estimate of drug-likeness (QED) is 0.921. The second-order valence-electron chi connectivity index (χ2n) is 4.84. The lowest BCUT2D eigenvalue weighted by atomic mass is 10.2. The van der Waals surface area contributed by atoms with Gasteiger partial charge in [-0.1, -0.05) is 18.5 Å². The van der Waals surface area contributed by atoms with E-state index < -0.39 is 10.0 Å². The van der Waals surface area contributed by atoms with Crippen LogP contribution in [0.2, 0.25) is 5.02 Å². The monoisotopic (exact) mass is 335 g/mol. The second-order valence-corrected chi connectivity index (χ2v) is 8.63. The summed E-state index contributed by atoms with van der Waals surface area (Å²) >= 11 is 7.70.